The summed E-state index contributed by atoms with van der Waals surface area (Å²) in [6.07, 6.45) is 16.9. The van der Waals surface area contributed by atoms with E-state index in [1.165, 1.54) is 39.0 Å². The Bertz CT molecular complexity index is 1560. The zero-order chi connectivity index (χ0) is 22.9. The van der Waals surface area contributed by atoms with E-state index in [2.05, 4.69) is 107 Å². The lowest BCUT2D eigenvalue weighted by molar-refractivity contribution is 0.928. The SMILES string of the molecule is N#Cc1ccnc(C2C=CC=C(C3=Cc4c(c5ccccc5n4-c4ccccc4)CC3)C=C2)c1. The van der Waals surface area contributed by atoms with Crippen molar-refractivity contribution >= 4 is 17.0 Å². The molecular weight excluding hydrogens is 414 g/mol. The molecule has 0 bridgehead atoms. The largest absolute Gasteiger partial charge is 0.310 e. The Morgan fingerprint density at radius 3 is 2.68 bits per heavy atom. The van der Waals surface area contributed by atoms with E-state index in [0.29, 0.717) is 5.56 Å². The van der Waals surface area contributed by atoms with Gasteiger partial charge in [-0.3, -0.25) is 4.98 Å². The summed E-state index contributed by atoms with van der Waals surface area (Å²) in [5.74, 6) is 0.0533. The fraction of sp³-hybridized carbons (Fsp3) is 0.0968. The second-order valence-electron chi connectivity index (χ2n) is 8.69. The van der Waals surface area contributed by atoms with Crippen molar-refractivity contribution in [1.82, 2.24) is 9.55 Å². The monoisotopic (exact) mass is 437 g/mol. The van der Waals surface area contributed by atoms with Crippen molar-refractivity contribution in [2.45, 2.75) is 18.8 Å². The Balaban J connectivity index is 1.41. The summed E-state index contributed by atoms with van der Waals surface area (Å²) < 4.78 is 2.39. The first kappa shape index (κ1) is 20.2. The maximum Gasteiger partial charge on any atom is 0.0992 e. The van der Waals surface area contributed by atoms with Gasteiger partial charge in [0.2, 0.25) is 0 Å². The van der Waals surface area contributed by atoms with Gasteiger partial charge in [0.25, 0.3) is 0 Å². The molecule has 2 aliphatic rings. The molecule has 1 atom stereocenters. The minimum atomic E-state index is 0.0533. The van der Waals surface area contributed by atoms with Gasteiger partial charge >= 0.3 is 0 Å². The van der Waals surface area contributed by atoms with Gasteiger partial charge in [-0.1, -0.05) is 66.8 Å². The van der Waals surface area contributed by atoms with Crippen molar-refractivity contribution in [2.24, 2.45) is 0 Å². The van der Waals surface area contributed by atoms with Crippen molar-refractivity contribution in [1.29, 1.82) is 5.26 Å². The van der Waals surface area contributed by atoms with Crippen LogP contribution in [0.4, 0.5) is 0 Å². The summed E-state index contributed by atoms with van der Waals surface area (Å²) in [7, 11) is 0. The highest BCUT2D eigenvalue weighted by molar-refractivity contribution is 5.91. The number of fused-ring (bicyclic) bond motifs is 3. The number of para-hydroxylation sites is 2. The van der Waals surface area contributed by atoms with Crippen molar-refractivity contribution in [3.63, 3.8) is 0 Å². The van der Waals surface area contributed by atoms with Crippen molar-refractivity contribution in [3.05, 3.63) is 137 Å². The molecule has 0 aliphatic heterocycles. The zero-order valence-corrected chi connectivity index (χ0v) is 18.7. The van der Waals surface area contributed by atoms with Gasteiger partial charge in [0.15, 0.2) is 0 Å². The summed E-state index contributed by atoms with van der Waals surface area (Å²) in [4.78, 5) is 4.49. The third-order valence-corrected chi connectivity index (χ3v) is 6.69. The van der Waals surface area contributed by atoms with Gasteiger partial charge in [-0.2, -0.15) is 5.26 Å². The molecule has 3 nitrogen and oxygen atoms in total. The first-order chi connectivity index (χ1) is 16.8. The number of hydrogen-bond donors (Lipinski definition) is 0. The van der Waals surface area contributed by atoms with Crippen LogP contribution in [0.2, 0.25) is 0 Å². The van der Waals surface area contributed by atoms with Crippen molar-refractivity contribution in [2.75, 3.05) is 0 Å². The van der Waals surface area contributed by atoms with Crippen LogP contribution in [0.3, 0.4) is 0 Å². The van der Waals surface area contributed by atoms with Crippen LogP contribution in [-0.2, 0) is 6.42 Å². The van der Waals surface area contributed by atoms with E-state index in [-0.39, 0.29) is 5.92 Å². The van der Waals surface area contributed by atoms with E-state index < -0.39 is 0 Å². The van der Waals surface area contributed by atoms with E-state index in [1.54, 1.807) is 12.3 Å². The fourth-order valence-corrected chi connectivity index (χ4v) is 5.04. The predicted molar refractivity (Wildman–Crippen MR) is 138 cm³/mol. The number of nitriles is 1. The molecule has 0 radical (unpaired) electrons. The average Bonchev–Trinajstić information content (AvgIpc) is 3.03. The van der Waals surface area contributed by atoms with E-state index >= 15 is 0 Å². The maximum absolute atomic E-state index is 9.23. The number of rotatable bonds is 3. The minimum Gasteiger partial charge on any atom is -0.310 e. The lowest BCUT2D eigenvalue weighted by Crippen LogP contribution is -2.04. The highest BCUT2D eigenvalue weighted by atomic mass is 15.0. The number of aromatic nitrogens is 2. The second kappa shape index (κ2) is 8.50. The Hall–Kier alpha value is -4.42. The maximum atomic E-state index is 9.23. The van der Waals surface area contributed by atoms with Crippen molar-refractivity contribution in [3.8, 4) is 11.8 Å². The molecule has 34 heavy (non-hydrogen) atoms. The standard InChI is InChI=1S/C31H23N3/c32-21-22-17-18-33-29(19-22)24-8-6-7-23(13-14-24)25-15-16-28-27-11-4-5-12-30(27)34(31(28)20-25)26-9-2-1-3-10-26/h1-14,17-20,24H,15-16H2. The van der Waals surface area contributed by atoms with Crippen LogP contribution < -0.4 is 0 Å². The molecule has 4 aromatic rings. The van der Waals surface area contributed by atoms with Gasteiger partial charge in [0, 0.05) is 23.2 Å². The Labute approximate surface area is 199 Å². The molecule has 3 heteroatoms. The normalized spacial score (nSPS) is 17.0. The molecule has 2 aromatic heterocycles. The molecule has 6 rings (SSSR count). The third kappa shape index (κ3) is 3.50. The molecular formula is C31H23N3. The van der Waals surface area contributed by atoms with Gasteiger partial charge in [-0.25, -0.2) is 0 Å². The zero-order valence-electron chi connectivity index (χ0n) is 18.7. The summed E-state index contributed by atoms with van der Waals surface area (Å²) >= 11 is 0. The molecule has 0 spiro atoms. The number of nitrogens with zero attached hydrogens (tertiary/aromatic N) is 3. The molecule has 162 valence electrons. The Morgan fingerprint density at radius 1 is 0.941 bits per heavy atom. The summed E-state index contributed by atoms with van der Waals surface area (Å²) in [5.41, 5.74) is 9.24. The molecule has 0 fully saturated rings. The first-order valence-corrected chi connectivity index (χ1v) is 11.6. The van der Waals surface area contributed by atoms with Crippen LogP contribution >= 0.6 is 0 Å². The molecule has 0 saturated heterocycles. The highest BCUT2D eigenvalue weighted by Crippen LogP contribution is 2.38. The van der Waals surface area contributed by atoms with Gasteiger partial charge in [0.05, 0.1) is 28.5 Å². The lowest BCUT2D eigenvalue weighted by atomic mass is 9.90. The molecule has 1 unspecified atom stereocenters. The molecule has 2 aliphatic carbocycles. The van der Waals surface area contributed by atoms with Crippen LogP contribution in [0.1, 0.15) is 34.9 Å². The summed E-state index contributed by atoms with van der Waals surface area (Å²) in [5, 5.41) is 10.6. The number of allylic oxidation sites excluding steroid dienone is 7. The molecule has 2 heterocycles. The lowest BCUT2D eigenvalue weighted by Gasteiger charge is -2.17. The molecule has 0 N–H and O–H groups in total. The van der Waals surface area contributed by atoms with Gasteiger partial charge in [0.1, 0.15) is 0 Å². The second-order valence-corrected chi connectivity index (χ2v) is 8.69. The topological polar surface area (TPSA) is 41.6 Å². The fourth-order valence-electron chi connectivity index (χ4n) is 5.04. The van der Waals surface area contributed by atoms with Crippen LogP contribution in [0.15, 0.2) is 114 Å². The number of pyridine rings is 1. The molecule has 0 amide bonds. The quantitative estimate of drug-likeness (QED) is 0.344. The van der Waals surface area contributed by atoms with Gasteiger partial charge in [-0.15, -0.1) is 0 Å². The number of hydrogen-bond acceptors (Lipinski definition) is 2. The van der Waals surface area contributed by atoms with E-state index in [4.69, 9.17) is 0 Å². The van der Waals surface area contributed by atoms with Gasteiger partial charge in [-0.05, 0) is 66.0 Å². The Morgan fingerprint density at radius 2 is 1.79 bits per heavy atom. The first-order valence-electron chi connectivity index (χ1n) is 11.6. The van der Waals surface area contributed by atoms with E-state index in [0.717, 1.165) is 18.5 Å². The van der Waals surface area contributed by atoms with Crippen LogP contribution in [0, 0.1) is 11.3 Å². The smallest absolute Gasteiger partial charge is 0.0992 e. The predicted octanol–water partition coefficient (Wildman–Crippen LogP) is 7.06. The Kier molecular flexibility index (Phi) is 5.05. The molecule has 2 aromatic carbocycles. The third-order valence-electron chi connectivity index (χ3n) is 6.69. The molecule has 0 saturated carbocycles. The highest BCUT2D eigenvalue weighted by Gasteiger charge is 2.22. The van der Waals surface area contributed by atoms with Crippen molar-refractivity contribution < 1.29 is 0 Å². The van der Waals surface area contributed by atoms with Crippen LogP contribution in [-0.4, -0.2) is 9.55 Å². The van der Waals surface area contributed by atoms with Gasteiger partial charge < -0.3 is 4.57 Å². The number of aryl methyl sites for hydroxylation is 1. The van der Waals surface area contributed by atoms with Crippen LogP contribution in [0.5, 0.6) is 0 Å². The summed E-state index contributed by atoms with van der Waals surface area (Å²) in [6, 6.07) is 25.1. The van der Waals surface area contributed by atoms with Crippen LogP contribution in [0.25, 0.3) is 22.7 Å². The van der Waals surface area contributed by atoms with E-state index in [1.807, 2.05) is 6.07 Å². The minimum absolute atomic E-state index is 0.0533. The number of benzene rings is 2. The average molecular weight is 438 g/mol. The van der Waals surface area contributed by atoms with E-state index in [9.17, 15) is 5.26 Å². The summed E-state index contributed by atoms with van der Waals surface area (Å²) in [6.45, 7) is 0.